The summed E-state index contributed by atoms with van der Waals surface area (Å²) in [7, 11) is 0. The van der Waals surface area contributed by atoms with Gasteiger partial charge in [-0.25, -0.2) is 0 Å². The van der Waals surface area contributed by atoms with Gasteiger partial charge in [-0.3, -0.25) is 0 Å². The molecule has 0 aromatic heterocycles. The summed E-state index contributed by atoms with van der Waals surface area (Å²) in [6.45, 7) is 5.83. The van der Waals surface area contributed by atoms with E-state index in [1.165, 1.54) is 18.4 Å². The molecule has 21 heavy (non-hydrogen) atoms. The highest BCUT2D eigenvalue weighted by molar-refractivity contribution is 9.10. The van der Waals surface area contributed by atoms with Crippen molar-refractivity contribution in [1.82, 2.24) is 5.32 Å². The first-order chi connectivity index (χ1) is 10.0. The summed E-state index contributed by atoms with van der Waals surface area (Å²) in [6.07, 6.45) is 5.03. The van der Waals surface area contributed by atoms with Gasteiger partial charge in [-0.1, -0.05) is 15.9 Å². The first-order valence-electron chi connectivity index (χ1n) is 7.84. The second-order valence-electron chi connectivity index (χ2n) is 6.76. The van der Waals surface area contributed by atoms with Gasteiger partial charge in [0.25, 0.3) is 0 Å². The Balaban J connectivity index is 1.53. The molecular weight excluding hydrogens is 330 g/mol. The Morgan fingerprint density at radius 3 is 2.81 bits per heavy atom. The zero-order valence-corrected chi connectivity index (χ0v) is 14.4. The van der Waals surface area contributed by atoms with E-state index in [-0.39, 0.29) is 11.7 Å². The van der Waals surface area contributed by atoms with Gasteiger partial charge in [0, 0.05) is 17.1 Å². The third kappa shape index (κ3) is 4.44. The smallest absolute Gasteiger partial charge is 0.119 e. The van der Waals surface area contributed by atoms with Crippen molar-refractivity contribution in [2.75, 3.05) is 6.61 Å². The molecule has 1 aromatic carbocycles. The number of hydrogen-bond donors (Lipinski definition) is 1. The Hall–Kier alpha value is -0.580. The van der Waals surface area contributed by atoms with E-state index in [9.17, 15) is 0 Å². The quantitative estimate of drug-likeness (QED) is 0.837. The number of hydrogen-bond acceptors (Lipinski definition) is 3. The Kier molecular flexibility index (Phi) is 4.57. The summed E-state index contributed by atoms with van der Waals surface area (Å²) in [5, 5.41) is 3.54. The molecular formula is C17H24BrNO2. The van der Waals surface area contributed by atoms with E-state index in [1.807, 2.05) is 6.07 Å². The second kappa shape index (κ2) is 6.27. The van der Waals surface area contributed by atoms with Crippen LogP contribution in [-0.4, -0.2) is 24.4 Å². The largest absolute Gasteiger partial charge is 0.491 e. The maximum atomic E-state index is 5.97. The van der Waals surface area contributed by atoms with E-state index in [4.69, 9.17) is 9.47 Å². The van der Waals surface area contributed by atoms with E-state index >= 15 is 0 Å². The minimum Gasteiger partial charge on any atom is -0.491 e. The molecule has 1 saturated heterocycles. The lowest BCUT2D eigenvalue weighted by Gasteiger charge is -2.19. The number of benzene rings is 1. The Labute approximate surface area is 135 Å². The molecule has 1 unspecified atom stereocenters. The minimum atomic E-state index is 0.00703. The van der Waals surface area contributed by atoms with Gasteiger partial charge >= 0.3 is 0 Å². The first kappa shape index (κ1) is 15.3. The van der Waals surface area contributed by atoms with Gasteiger partial charge in [-0.15, -0.1) is 0 Å². The molecule has 0 amide bonds. The van der Waals surface area contributed by atoms with Crippen LogP contribution in [0.3, 0.4) is 0 Å². The van der Waals surface area contributed by atoms with Crippen molar-refractivity contribution in [3.05, 3.63) is 28.2 Å². The van der Waals surface area contributed by atoms with E-state index in [0.717, 1.165) is 35.7 Å². The highest BCUT2D eigenvalue weighted by Gasteiger charge is 2.31. The molecule has 1 saturated carbocycles. The van der Waals surface area contributed by atoms with Gasteiger partial charge in [-0.2, -0.15) is 0 Å². The summed E-state index contributed by atoms with van der Waals surface area (Å²) >= 11 is 3.61. The summed E-state index contributed by atoms with van der Waals surface area (Å²) < 4.78 is 13.0. The molecule has 2 fully saturated rings. The lowest BCUT2D eigenvalue weighted by Crippen LogP contribution is -2.24. The standard InChI is InChI=1S/C17H24BrNO2/c1-17(2)8-7-15(21-17)11-20-14-5-6-16(18)12(9-14)10-19-13-3-4-13/h5-6,9,13,15,19H,3-4,7-8,10-11H2,1-2H3. The maximum absolute atomic E-state index is 5.97. The monoisotopic (exact) mass is 353 g/mol. The fourth-order valence-corrected chi connectivity index (χ4v) is 3.09. The van der Waals surface area contributed by atoms with E-state index in [2.05, 4.69) is 47.2 Å². The van der Waals surface area contributed by atoms with Crippen LogP contribution >= 0.6 is 15.9 Å². The van der Waals surface area contributed by atoms with E-state index in [1.54, 1.807) is 0 Å². The van der Waals surface area contributed by atoms with Crippen LogP contribution in [0.5, 0.6) is 5.75 Å². The lowest BCUT2D eigenvalue weighted by molar-refractivity contribution is -0.0326. The van der Waals surface area contributed by atoms with Crippen LogP contribution in [0.4, 0.5) is 0 Å². The predicted molar refractivity (Wildman–Crippen MR) is 87.7 cm³/mol. The van der Waals surface area contributed by atoms with Gasteiger partial charge in [0.05, 0.1) is 11.7 Å². The average molecular weight is 354 g/mol. The molecule has 3 rings (SSSR count). The molecule has 116 valence electrons. The summed E-state index contributed by atoms with van der Waals surface area (Å²) in [4.78, 5) is 0. The Morgan fingerprint density at radius 2 is 2.14 bits per heavy atom. The van der Waals surface area contributed by atoms with Crippen LogP contribution in [0.1, 0.15) is 45.1 Å². The molecule has 1 aliphatic carbocycles. The third-order valence-corrected chi connectivity index (χ3v) is 4.94. The molecule has 3 nitrogen and oxygen atoms in total. The molecule has 4 heteroatoms. The highest BCUT2D eigenvalue weighted by Crippen LogP contribution is 2.30. The molecule has 1 atom stereocenters. The van der Waals surface area contributed by atoms with Crippen molar-refractivity contribution in [2.24, 2.45) is 0 Å². The van der Waals surface area contributed by atoms with Gasteiger partial charge in [-0.05, 0) is 63.3 Å². The van der Waals surface area contributed by atoms with Crippen LogP contribution < -0.4 is 10.1 Å². The van der Waals surface area contributed by atoms with Crippen LogP contribution in [0.25, 0.3) is 0 Å². The molecule has 0 radical (unpaired) electrons. The predicted octanol–water partition coefficient (Wildman–Crippen LogP) is 4.04. The van der Waals surface area contributed by atoms with Crippen molar-refractivity contribution in [1.29, 1.82) is 0 Å². The number of nitrogens with one attached hydrogen (secondary N) is 1. The molecule has 1 aliphatic heterocycles. The molecule has 0 spiro atoms. The molecule has 1 aromatic rings. The number of ether oxygens (including phenoxy) is 2. The van der Waals surface area contributed by atoms with Crippen LogP contribution in [-0.2, 0) is 11.3 Å². The normalized spacial score (nSPS) is 24.2. The molecule has 1 N–H and O–H groups in total. The molecule has 1 heterocycles. The van der Waals surface area contributed by atoms with Gasteiger partial charge in [0.1, 0.15) is 12.4 Å². The fourth-order valence-electron chi connectivity index (χ4n) is 2.70. The average Bonchev–Trinajstić information content (AvgIpc) is 3.20. The number of rotatable bonds is 6. The van der Waals surface area contributed by atoms with E-state index < -0.39 is 0 Å². The molecule has 2 aliphatic rings. The van der Waals surface area contributed by atoms with Crippen molar-refractivity contribution >= 4 is 15.9 Å². The highest BCUT2D eigenvalue weighted by atomic mass is 79.9. The van der Waals surface area contributed by atoms with Gasteiger partial charge in [0.2, 0.25) is 0 Å². The van der Waals surface area contributed by atoms with Gasteiger partial charge < -0.3 is 14.8 Å². The Bertz CT molecular complexity index is 500. The zero-order chi connectivity index (χ0) is 14.9. The zero-order valence-electron chi connectivity index (χ0n) is 12.8. The third-order valence-electron chi connectivity index (χ3n) is 4.17. The maximum Gasteiger partial charge on any atom is 0.119 e. The molecule has 0 bridgehead atoms. The van der Waals surface area contributed by atoms with E-state index in [0.29, 0.717) is 6.61 Å². The van der Waals surface area contributed by atoms with Crippen molar-refractivity contribution in [2.45, 2.75) is 63.8 Å². The van der Waals surface area contributed by atoms with Crippen LogP contribution in [0, 0.1) is 0 Å². The van der Waals surface area contributed by atoms with Crippen molar-refractivity contribution < 1.29 is 9.47 Å². The van der Waals surface area contributed by atoms with Crippen LogP contribution in [0.2, 0.25) is 0 Å². The summed E-state index contributed by atoms with van der Waals surface area (Å²) in [5.41, 5.74) is 1.26. The summed E-state index contributed by atoms with van der Waals surface area (Å²) in [5.74, 6) is 0.930. The minimum absolute atomic E-state index is 0.00703. The Morgan fingerprint density at radius 1 is 1.33 bits per heavy atom. The number of halogens is 1. The lowest BCUT2D eigenvalue weighted by atomic mass is 10.1. The van der Waals surface area contributed by atoms with Crippen molar-refractivity contribution in [3.8, 4) is 5.75 Å². The van der Waals surface area contributed by atoms with Crippen LogP contribution in [0.15, 0.2) is 22.7 Å². The summed E-state index contributed by atoms with van der Waals surface area (Å²) in [6, 6.07) is 6.93. The SMILES string of the molecule is CC1(C)CCC(COc2ccc(Br)c(CNC3CC3)c2)O1. The topological polar surface area (TPSA) is 30.5 Å². The fraction of sp³-hybridized carbons (Fsp3) is 0.647. The second-order valence-corrected chi connectivity index (χ2v) is 7.61. The van der Waals surface area contributed by atoms with Crippen molar-refractivity contribution in [3.63, 3.8) is 0 Å². The van der Waals surface area contributed by atoms with Gasteiger partial charge in [0.15, 0.2) is 0 Å². The first-order valence-corrected chi connectivity index (χ1v) is 8.63.